The first-order valence-corrected chi connectivity index (χ1v) is 8.54. The first-order chi connectivity index (χ1) is 12.5. The normalized spacial score (nSPS) is 9.81. The van der Waals surface area contributed by atoms with Crippen LogP contribution in [0, 0.1) is 0 Å². The number of ether oxygens (including phenoxy) is 3. The van der Waals surface area contributed by atoms with Gasteiger partial charge >= 0.3 is 0 Å². The largest absolute Gasteiger partial charge is 0.493 e. The Labute approximate surface area is 159 Å². The van der Waals surface area contributed by atoms with Gasteiger partial charge in [-0.15, -0.1) is 11.3 Å². The van der Waals surface area contributed by atoms with E-state index < -0.39 is 5.91 Å². The van der Waals surface area contributed by atoms with Crippen LogP contribution in [0.5, 0.6) is 17.2 Å². The fourth-order valence-electron chi connectivity index (χ4n) is 2.00. The zero-order chi connectivity index (χ0) is 19.1. The molecule has 0 bridgehead atoms. The standard InChI is InChI=1S/C16H17N3O5S2/c1-22-10-7-9(8-11(23-2)13(10)24-3)14(20)17-16(25)19-18-15(21)12-5-4-6-26-12/h4-8H,1-3H3,(H,18,21)(H2,17,19,20,25). The Hall–Kier alpha value is -2.85. The Bertz CT molecular complexity index is 783. The number of hydrogen-bond donors (Lipinski definition) is 3. The minimum Gasteiger partial charge on any atom is -0.493 e. The van der Waals surface area contributed by atoms with E-state index in [9.17, 15) is 9.59 Å². The van der Waals surface area contributed by atoms with Crippen LogP contribution < -0.4 is 30.4 Å². The van der Waals surface area contributed by atoms with Crippen LogP contribution in [-0.2, 0) is 0 Å². The van der Waals surface area contributed by atoms with Gasteiger partial charge in [-0.05, 0) is 35.8 Å². The average molecular weight is 395 g/mol. The van der Waals surface area contributed by atoms with Crippen molar-refractivity contribution in [3.63, 3.8) is 0 Å². The second kappa shape index (κ2) is 9.02. The molecule has 1 aromatic heterocycles. The fourth-order valence-corrected chi connectivity index (χ4v) is 2.76. The van der Waals surface area contributed by atoms with Crippen molar-refractivity contribution >= 4 is 40.5 Å². The summed E-state index contributed by atoms with van der Waals surface area (Å²) in [6.07, 6.45) is 0. The maximum absolute atomic E-state index is 12.4. The van der Waals surface area contributed by atoms with Crippen molar-refractivity contribution in [3.8, 4) is 17.2 Å². The van der Waals surface area contributed by atoms with Gasteiger partial charge in [0.25, 0.3) is 11.8 Å². The van der Waals surface area contributed by atoms with Crippen LogP contribution in [0.15, 0.2) is 29.6 Å². The lowest BCUT2D eigenvalue weighted by Crippen LogP contribution is -2.48. The van der Waals surface area contributed by atoms with Crippen molar-refractivity contribution < 1.29 is 23.8 Å². The molecule has 138 valence electrons. The molecule has 1 aromatic carbocycles. The Kier molecular flexibility index (Phi) is 6.75. The van der Waals surface area contributed by atoms with Gasteiger partial charge in [-0.1, -0.05) is 6.07 Å². The topological polar surface area (TPSA) is 97.9 Å². The third kappa shape index (κ3) is 4.61. The summed E-state index contributed by atoms with van der Waals surface area (Å²) in [6.45, 7) is 0. The molecule has 0 fully saturated rings. The van der Waals surface area contributed by atoms with E-state index in [-0.39, 0.29) is 16.6 Å². The van der Waals surface area contributed by atoms with Crippen LogP contribution in [0.3, 0.4) is 0 Å². The Morgan fingerprint density at radius 1 is 1.00 bits per heavy atom. The highest BCUT2D eigenvalue weighted by Gasteiger charge is 2.18. The molecule has 0 atom stereocenters. The van der Waals surface area contributed by atoms with Crippen molar-refractivity contribution in [2.45, 2.75) is 0 Å². The van der Waals surface area contributed by atoms with E-state index in [1.54, 1.807) is 17.5 Å². The van der Waals surface area contributed by atoms with Gasteiger partial charge < -0.3 is 14.2 Å². The number of carbonyl (C=O) groups is 2. The van der Waals surface area contributed by atoms with Gasteiger partial charge in [-0.25, -0.2) is 0 Å². The monoisotopic (exact) mass is 395 g/mol. The second-order valence-electron chi connectivity index (χ2n) is 4.75. The maximum Gasteiger partial charge on any atom is 0.279 e. The van der Waals surface area contributed by atoms with Gasteiger partial charge in [0.15, 0.2) is 16.6 Å². The molecule has 26 heavy (non-hydrogen) atoms. The molecule has 0 aliphatic carbocycles. The number of methoxy groups -OCH3 is 3. The molecule has 2 amide bonds. The van der Waals surface area contributed by atoms with E-state index in [1.807, 2.05) is 0 Å². The number of thiocarbonyl (C=S) groups is 1. The predicted octanol–water partition coefficient (Wildman–Crippen LogP) is 1.72. The minimum atomic E-state index is -0.507. The molecular weight excluding hydrogens is 378 g/mol. The fraction of sp³-hybridized carbons (Fsp3) is 0.188. The van der Waals surface area contributed by atoms with Crippen LogP contribution >= 0.6 is 23.6 Å². The van der Waals surface area contributed by atoms with Crippen molar-refractivity contribution in [2.75, 3.05) is 21.3 Å². The summed E-state index contributed by atoms with van der Waals surface area (Å²) in [4.78, 5) is 24.7. The van der Waals surface area contributed by atoms with E-state index in [0.29, 0.717) is 22.1 Å². The summed E-state index contributed by atoms with van der Waals surface area (Å²) in [7, 11) is 4.37. The molecule has 8 nitrogen and oxygen atoms in total. The molecule has 0 radical (unpaired) electrons. The minimum absolute atomic E-state index is 0.0614. The summed E-state index contributed by atoms with van der Waals surface area (Å²) in [5, 5.41) is 4.17. The second-order valence-corrected chi connectivity index (χ2v) is 6.11. The molecular formula is C16H17N3O5S2. The highest BCUT2D eigenvalue weighted by atomic mass is 32.1. The van der Waals surface area contributed by atoms with E-state index in [2.05, 4.69) is 16.2 Å². The number of amides is 2. The Morgan fingerprint density at radius 2 is 1.65 bits per heavy atom. The molecule has 1 heterocycles. The van der Waals surface area contributed by atoms with E-state index >= 15 is 0 Å². The van der Waals surface area contributed by atoms with E-state index in [0.717, 1.165) is 0 Å². The lowest BCUT2D eigenvalue weighted by Gasteiger charge is -2.14. The Morgan fingerprint density at radius 3 is 2.15 bits per heavy atom. The summed E-state index contributed by atoms with van der Waals surface area (Å²) in [5.41, 5.74) is 5.12. The highest BCUT2D eigenvalue weighted by Crippen LogP contribution is 2.38. The molecule has 0 unspecified atom stereocenters. The number of rotatable bonds is 5. The molecule has 2 aromatic rings. The van der Waals surface area contributed by atoms with Gasteiger partial charge in [-0.3, -0.25) is 25.8 Å². The summed E-state index contributed by atoms with van der Waals surface area (Å²) >= 11 is 6.29. The van der Waals surface area contributed by atoms with Crippen molar-refractivity contribution in [2.24, 2.45) is 0 Å². The molecule has 0 aliphatic rings. The molecule has 0 saturated heterocycles. The van der Waals surface area contributed by atoms with Crippen LogP contribution in [0.1, 0.15) is 20.0 Å². The maximum atomic E-state index is 12.4. The highest BCUT2D eigenvalue weighted by molar-refractivity contribution is 7.80. The molecule has 0 saturated carbocycles. The quantitative estimate of drug-likeness (QED) is 0.524. The van der Waals surface area contributed by atoms with Crippen LogP contribution in [-0.4, -0.2) is 38.3 Å². The number of hydrazine groups is 1. The van der Waals surface area contributed by atoms with Gasteiger partial charge in [0.1, 0.15) is 0 Å². The number of hydrogen-bond acceptors (Lipinski definition) is 7. The lowest BCUT2D eigenvalue weighted by molar-refractivity contribution is 0.0937. The Balaban J connectivity index is 2.02. The molecule has 2 rings (SSSR count). The SMILES string of the molecule is COc1cc(C(=O)NC(=S)NNC(=O)c2cccs2)cc(OC)c1OC. The van der Waals surface area contributed by atoms with Crippen LogP contribution in [0.2, 0.25) is 0 Å². The van der Waals surface area contributed by atoms with E-state index in [1.165, 1.54) is 44.8 Å². The summed E-state index contributed by atoms with van der Waals surface area (Å²) < 4.78 is 15.6. The lowest BCUT2D eigenvalue weighted by atomic mass is 10.1. The molecule has 0 aliphatic heterocycles. The third-order valence-corrected chi connectivity index (χ3v) is 4.26. The van der Waals surface area contributed by atoms with Gasteiger partial charge in [-0.2, -0.15) is 0 Å². The van der Waals surface area contributed by atoms with Crippen molar-refractivity contribution in [1.29, 1.82) is 0 Å². The van der Waals surface area contributed by atoms with Gasteiger partial charge in [0.05, 0.1) is 26.2 Å². The number of carbonyl (C=O) groups excluding carboxylic acids is 2. The van der Waals surface area contributed by atoms with Gasteiger partial charge in [0, 0.05) is 5.56 Å². The first kappa shape index (κ1) is 19.5. The smallest absolute Gasteiger partial charge is 0.279 e. The molecule has 0 spiro atoms. The summed E-state index contributed by atoms with van der Waals surface area (Å²) in [5.74, 6) is 0.177. The number of nitrogens with one attached hydrogen (secondary N) is 3. The zero-order valence-electron chi connectivity index (χ0n) is 14.2. The predicted molar refractivity (Wildman–Crippen MR) is 101 cm³/mol. The van der Waals surface area contributed by atoms with E-state index in [4.69, 9.17) is 26.4 Å². The zero-order valence-corrected chi connectivity index (χ0v) is 15.9. The van der Waals surface area contributed by atoms with Crippen LogP contribution in [0.4, 0.5) is 0 Å². The average Bonchev–Trinajstić information content (AvgIpc) is 3.19. The van der Waals surface area contributed by atoms with Crippen molar-refractivity contribution in [3.05, 3.63) is 40.1 Å². The van der Waals surface area contributed by atoms with Gasteiger partial charge in [0.2, 0.25) is 5.75 Å². The third-order valence-electron chi connectivity index (χ3n) is 3.19. The number of thiophene rings is 1. The molecule has 10 heteroatoms. The molecule has 3 N–H and O–H groups in total. The first-order valence-electron chi connectivity index (χ1n) is 7.25. The summed E-state index contributed by atoms with van der Waals surface area (Å²) in [6, 6.07) is 6.40. The number of benzene rings is 1. The van der Waals surface area contributed by atoms with Crippen LogP contribution in [0.25, 0.3) is 0 Å². The van der Waals surface area contributed by atoms with Crippen molar-refractivity contribution in [1.82, 2.24) is 16.2 Å².